The number of nitrogens with zero attached hydrogens (tertiary/aromatic N) is 4. The highest BCUT2D eigenvalue weighted by Gasteiger charge is 2.35. The van der Waals surface area contributed by atoms with Crippen molar-refractivity contribution < 1.29 is 19.1 Å². The summed E-state index contributed by atoms with van der Waals surface area (Å²) in [6.45, 7) is 3.15. The highest BCUT2D eigenvalue weighted by Crippen LogP contribution is 2.32. The van der Waals surface area contributed by atoms with Crippen molar-refractivity contribution in [3.05, 3.63) is 88.1 Å². The Labute approximate surface area is 228 Å². The molecule has 2 amide bonds. The fourth-order valence-corrected chi connectivity index (χ4v) is 4.70. The lowest BCUT2D eigenvalue weighted by Gasteiger charge is -2.26. The molecule has 10 nitrogen and oxygen atoms in total. The number of H-pyrrole nitrogens is 1. The average Bonchev–Trinajstić information content (AvgIpc) is 3.54. The summed E-state index contributed by atoms with van der Waals surface area (Å²) in [5.41, 5.74) is 4.03. The number of anilines is 2. The molecule has 0 radical (unpaired) electrons. The van der Waals surface area contributed by atoms with Gasteiger partial charge in [0.25, 0.3) is 5.91 Å². The first-order valence-corrected chi connectivity index (χ1v) is 12.5. The standard InChI is InChI=1S/C27H25ClFN7O3/c1-14-5-18(7-19(29)6-14)23(13-37)34-25(38)15(2)36-12-17-4-3-16(8-21(17)26(36)39)24-22(28)11-30-27(35-24)33-20-9-31-32-10-20/h3-11,15,23,37H,12-13H2,1-2H3,(H,31,32)(H,34,38)(H,30,33,35)/t15-,23-/m1/s1. The molecule has 200 valence electrons. The van der Waals surface area contributed by atoms with E-state index in [0.29, 0.717) is 44.6 Å². The lowest BCUT2D eigenvalue weighted by atomic mass is 10.0. The van der Waals surface area contributed by atoms with Crippen LogP contribution in [-0.4, -0.2) is 54.6 Å². The van der Waals surface area contributed by atoms with E-state index in [1.807, 2.05) is 6.07 Å². The number of rotatable bonds is 8. The van der Waals surface area contributed by atoms with Crippen LogP contribution in [0.3, 0.4) is 0 Å². The first kappa shape index (κ1) is 26.3. The number of carbonyl (C=O) groups is 2. The van der Waals surface area contributed by atoms with Gasteiger partial charge < -0.3 is 20.6 Å². The monoisotopic (exact) mass is 549 g/mol. The normalized spacial score (nSPS) is 14.2. The van der Waals surface area contributed by atoms with Gasteiger partial charge in [0.05, 0.1) is 41.4 Å². The second kappa shape index (κ2) is 10.8. The SMILES string of the molecule is Cc1cc(F)cc([C@@H](CO)NC(=O)[C@@H](C)N2Cc3ccc(-c4nc(Nc5cn[nH]c5)ncc4Cl)cc3C2=O)c1. The van der Waals surface area contributed by atoms with Crippen molar-refractivity contribution in [3.63, 3.8) is 0 Å². The molecule has 0 aliphatic carbocycles. The second-order valence-electron chi connectivity index (χ2n) is 9.29. The van der Waals surface area contributed by atoms with Crippen LogP contribution >= 0.6 is 11.6 Å². The van der Waals surface area contributed by atoms with Gasteiger partial charge >= 0.3 is 0 Å². The number of fused-ring (bicyclic) bond motifs is 1. The molecule has 4 aromatic rings. The molecule has 0 saturated heterocycles. The Morgan fingerprint density at radius 1 is 1.26 bits per heavy atom. The molecule has 0 bridgehead atoms. The van der Waals surface area contributed by atoms with E-state index in [0.717, 1.165) is 5.56 Å². The van der Waals surface area contributed by atoms with E-state index in [1.54, 1.807) is 44.4 Å². The predicted octanol–water partition coefficient (Wildman–Crippen LogP) is 3.91. The molecule has 3 heterocycles. The summed E-state index contributed by atoms with van der Waals surface area (Å²) < 4.78 is 13.9. The number of hydrogen-bond donors (Lipinski definition) is 4. The molecule has 4 N–H and O–H groups in total. The Hall–Kier alpha value is -4.35. The van der Waals surface area contributed by atoms with Gasteiger partial charge in [-0.25, -0.2) is 14.4 Å². The van der Waals surface area contributed by atoms with Gasteiger partial charge in [0.2, 0.25) is 11.9 Å². The van der Waals surface area contributed by atoms with E-state index in [2.05, 4.69) is 30.8 Å². The summed E-state index contributed by atoms with van der Waals surface area (Å²) in [6.07, 6.45) is 4.71. The summed E-state index contributed by atoms with van der Waals surface area (Å²) in [5.74, 6) is -0.939. The number of aromatic amines is 1. The summed E-state index contributed by atoms with van der Waals surface area (Å²) >= 11 is 6.39. The van der Waals surface area contributed by atoms with Crippen LogP contribution < -0.4 is 10.6 Å². The maximum absolute atomic E-state index is 13.9. The van der Waals surface area contributed by atoms with Crippen molar-refractivity contribution in [1.29, 1.82) is 0 Å². The number of aliphatic hydroxyl groups is 1. The highest BCUT2D eigenvalue weighted by molar-refractivity contribution is 6.33. The number of aryl methyl sites for hydroxylation is 1. The van der Waals surface area contributed by atoms with E-state index in [1.165, 1.54) is 23.2 Å². The van der Waals surface area contributed by atoms with Crippen molar-refractivity contribution in [1.82, 2.24) is 30.4 Å². The number of nitrogens with one attached hydrogen (secondary N) is 3. The first-order chi connectivity index (χ1) is 18.7. The van der Waals surface area contributed by atoms with E-state index >= 15 is 0 Å². The van der Waals surface area contributed by atoms with E-state index in [-0.39, 0.29) is 12.5 Å². The Balaban J connectivity index is 1.33. The van der Waals surface area contributed by atoms with Gasteiger partial charge in [0.15, 0.2) is 0 Å². The lowest BCUT2D eigenvalue weighted by molar-refractivity contribution is -0.126. The zero-order chi connectivity index (χ0) is 27.7. The molecule has 0 unspecified atom stereocenters. The maximum atomic E-state index is 13.9. The molecule has 2 aromatic carbocycles. The molecule has 0 spiro atoms. The number of aromatic nitrogens is 4. The topological polar surface area (TPSA) is 136 Å². The Kier molecular flexibility index (Phi) is 7.27. The molecular formula is C27H25ClFN7O3. The zero-order valence-electron chi connectivity index (χ0n) is 21.1. The smallest absolute Gasteiger partial charge is 0.255 e. The summed E-state index contributed by atoms with van der Waals surface area (Å²) in [6, 6.07) is 7.99. The van der Waals surface area contributed by atoms with Crippen LogP contribution in [0.1, 0.15) is 40.0 Å². The fourth-order valence-electron chi connectivity index (χ4n) is 4.50. The fraction of sp³-hybridized carbons (Fsp3) is 0.222. The Bertz CT molecular complexity index is 1530. The number of halogens is 2. The third-order valence-electron chi connectivity index (χ3n) is 6.53. The third kappa shape index (κ3) is 5.45. The van der Waals surface area contributed by atoms with Crippen LogP contribution in [0.4, 0.5) is 16.0 Å². The van der Waals surface area contributed by atoms with Gasteiger partial charge in [-0.3, -0.25) is 14.7 Å². The quantitative estimate of drug-likeness (QED) is 0.262. The van der Waals surface area contributed by atoms with Gasteiger partial charge in [0, 0.05) is 23.9 Å². The van der Waals surface area contributed by atoms with Gasteiger partial charge in [-0.1, -0.05) is 29.8 Å². The molecule has 2 atom stereocenters. The molecule has 1 aliphatic heterocycles. The molecule has 1 aliphatic rings. The summed E-state index contributed by atoms with van der Waals surface area (Å²) in [4.78, 5) is 36.6. The number of hydrogen-bond acceptors (Lipinski definition) is 7. The molecule has 39 heavy (non-hydrogen) atoms. The largest absolute Gasteiger partial charge is 0.394 e. The van der Waals surface area contributed by atoms with E-state index < -0.39 is 30.4 Å². The van der Waals surface area contributed by atoms with Gasteiger partial charge in [-0.2, -0.15) is 5.10 Å². The van der Waals surface area contributed by atoms with E-state index in [4.69, 9.17) is 11.6 Å². The minimum absolute atomic E-state index is 0.233. The summed E-state index contributed by atoms with van der Waals surface area (Å²) in [5, 5.41) is 22.5. The number of aliphatic hydroxyl groups excluding tert-OH is 1. The van der Waals surface area contributed by atoms with Gasteiger partial charge in [0.1, 0.15) is 11.9 Å². The molecule has 12 heteroatoms. The number of benzene rings is 2. The van der Waals surface area contributed by atoms with Crippen molar-refractivity contribution in [2.24, 2.45) is 0 Å². The minimum atomic E-state index is -0.842. The Morgan fingerprint density at radius 3 is 2.79 bits per heavy atom. The molecular weight excluding hydrogens is 525 g/mol. The predicted molar refractivity (Wildman–Crippen MR) is 143 cm³/mol. The average molecular weight is 550 g/mol. The van der Waals surface area contributed by atoms with Crippen molar-refractivity contribution in [2.75, 3.05) is 11.9 Å². The van der Waals surface area contributed by atoms with Crippen molar-refractivity contribution in [3.8, 4) is 11.3 Å². The van der Waals surface area contributed by atoms with Crippen molar-refractivity contribution >= 4 is 35.1 Å². The first-order valence-electron chi connectivity index (χ1n) is 12.1. The van der Waals surface area contributed by atoms with Gasteiger partial charge in [-0.15, -0.1) is 0 Å². The molecule has 0 fully saturated rings. The van der Waals surface area contributed by atoms with Crippen LogP contribution in [0, 0.1) is 12.7 Å². The molecule has 5 rings (SSSR count). The highest BCUT2D eigenvalue weighted by atomic mass is 35.5. The van der Waals surface area contributed by atoms with Crippen LogP contribution in [-0.2, 0) is 11.3 Å². The van der Waals surface area contributed by atoms with E-state index in [9.17, 15) is 19.1 Å². The van der Waals surface area contributed by atoms with Gasteiger partial charge in [-0.05, 0) is 48.7 Å². The Morgan fingerprint density at radius 2 is 2.08 bits per heavy atom. The number of amides is 2. The molecule has 2 aromatic heterocycles. The zero-order valence-corrected chi connectivity index (χ0v) is 21.8. The van der Waals surface area contributed by atoms with Crippen LogP contribution in [0.15, 0.2) is 55.0 Å². The van der Waals surface area contributed by atoms with Crippen LogP contribution in [0.2, 0.25) is 5.02 Å². The molecule has 0 saturated carbocycles. The van der Waals surface area contributed by atoms with Crippen molar-refractivity contribution in [2.45, 2.75) is 32.5 Å². The number of carbonyl (C=O) groups excluding carboxylic acids is 2. The second-order valence-corrected chi connectivity index (χ2v) is 9.70. The van der Waals surface area contributed by atoms with Crippen LogP contribution in [0.5, 0.6) is 0 Å². The lowest BCUT2D eigenvalue weighted by Crippen LogP contribution is -2.46. The summed E-state index contributed by atoms with van der Waals surface area (Å²) in [7, 11) is 0. The van der Waals surface area contributed by atoms with Crippen LogP contribution in [0.25, 0.3) is 11.3 Å². The third-order valence-corrected chi connectivity index (χ3v) is 6.80. The maximum Gasteiger partial charge on any atom is 0.255 e. The minimum Gasteiger partial charge on any atom is -0.394 e.